The molecule has 0 aliphatic carbocycles. The molecular formula is C29H41FN4O2. The van der Waals surface area contributed by atoms with Crippen molar-refractivity contribution < 1.29 is 13.9 Å². The zero-order chi connectivity index (χ0) is 25.5. The number of rotatable bonds is 9. The maximum absolute atomic E-state index is 14.3. The Bertz CT molecular complexity index is 993. The molecule has 196 valence electrons. The lowest BCUT2D eigenvalue weighted by atomic mass is 9.86. The monoisotopic (exact) mass is 496 g/mol. The first-order valence-electron chi connectivity index (χ1n) is 13.3. The number of nitrogens with one attached hydrogen (secondary N) is 1. The third kappa shape index (κ3) is 6.98. The minimum atomic E-state index is -0.145. The number of likely N-dealkylation sites (tertiary alicyclic amines) is 1. The normalized spacial score (nSPS) is 21.5. The number of para-hydroxylation sites is 1. The molecule has 0 aromatic heterocycles. The van der Waals surface area contributed by atoms with Gasteiger partial charge in [-0.3, -0.25) is 9.69 Å². The Morgan fingerprint density at radius 1 is 1.08 bits per heavy atom. The Labute approximate surface area is 215 Å². The maximum Gasteiger partial charge on any atom is 0.224 e. The molecule has 2 aromatic rings. The van der Waals surface area contributed by atoms with Gasteiger partial charge in [0.05, 0.1) is 12.8 Å². The van der Waals surface area contributed by atoms with E-state index in [-0.39, 0.29) is 11.7 Å². The highest BCUT2D eigenvalue weighted by molar-refractivity contribution is 5.90. The van der Waals surface area contributed by atoms with Crippen molar-refractivity contribution in [3.8, 4) is 5.75 Å². The summed E-state index contributed by atoms with van der Waals surface area (Å²) in [7, 11) is 1.63. The summed E-state index contributed by atoms with van der Waals surface area (Å²) in [5.41, 5.74) is 1.47. The summed E-state index contributed by atoms with van der Waals surface area (Å²) in [5.74, 6) is 1.70. The van der Waals surface area contributed by atoms with Gasteiger partial charge in [-0.15, -0.1) is 0 Å². The van der Waals surface area contributed by atoms with Crippen LogP contribution in [-0.2, 0) is 4.79 Å². The Balaban J connectivity index is 1.36. The number of benzene rings is 2. The average Bonchev–Trinajstić information content (AvgIpc) is 2.88. The lowest BCUT2D eigenvalue weighted by Crippen LogP contribution is -2.57. The van der Waals surface area contributed by atoms with Crippen molar-refractivity contribution in [1.82, 2.24) is 9.80 Å². The fourth-order valence-corrected chi connectivity index (χ4v) is 5.79. The second kappa shape index (κ2) is 12.5. The van der Waals surface area contributed by atoms with Crippen molar-refractivity contribution >= 4 is 17.3 Å². The number of methoxy groups -OCH3 is 1. The standard InChI is InChI=1S/C29H41FN4O2/c1-22(2)20-32-14-13-27(33-15-17-34(18-16-33)28-10-5-4-9-26(28)30)23(21-32)11-12-29(35)31-24-7-6-8-25(19-24)36-3/h4-10,19,22-23,27H,11-18,20-21H2,1-3H3,(H,31,35)/t23-,27+/m0/s1. The molecule has 0 radical (unpaired) electrons. The quantitative estimate of drug-likeness (QED) is 0.544. The van der Waals surface area contributed by atoms with Gasteiger partial charge in [0, 0.05) is 63.5 Å². The van der Waals surface area contributed by atoms with Crippen LogP contribution < -0.4 is 15.0 Å². The molecule has 0 bridgehead atoms. The number of hydrogen-bond acceptors (Lipinski definition) is 5. The number of carbonyl (C=O) groups is 1. The van der Waals surface area contributed by atoms with Gasteiger partial charge in [-0.2, -0.15) is 0 Å². The number of amides is 1. The number of carbonyl (C=O) groups excluding carboxylic acids is 1. The van der Waals surface area contributed by atoms with Crippen LogP contribution in [0.1, 0.15) is 33.1 Å². The van der Waals surface area contributed by atoms with Gasteiger partial charge in [0.25, 0.3) is 0 Å². The molecule has 2 fully saturated rings. The van der Waals surface area contributed by atoms with E-state index < -0.39 is 0 Å². The summed E-state index contributed by atoms with van der Waals surface area (Å²) < 4.78 is 19.6. The molecule has 1 N–H and O–H groups in total. The molecule has 2 aliphatic heterocycles. The summed E-state index contributed by atoms with van der Waals surface area (Å²) in [6.07, 6.45) is 2.49. The molecule has 7 heteroatoms. The van der Waals surface area contributed by atoms with Gasteiger partial charge in [-0.25, -0.2) is 4.39 Å². The van der Waals surface area contributed by atoms with Crippen LogP contribution in [0.25, 0.3) is 0 Å². The topological polar surface area (TPSA) is 48.1 Å². The van der Waals surface area contributed by atoms with E-state index in [1.807, 2.05) is 36.4 Å². The number of hydrogen-bond donors (Lipinski definition) is 1. The molecule has 2 heterocycles. The van der Waals surface area contributed by atoms with E-state index in [4.69, 9.17) is 4.74 Å². The molecule has 4 rings (SSSR count). The van der Waals surface area contributed by atoms with Crippen molar-refractivity contribution in [2.24, 2.45) is 11.8 Å². The fraction of sp³-hybridized carbons (Fsp3) is 0.552. The van der Waals surface area contributed by atoms with Gasteiger partial charge < -0.3 is 19.9 Å². The van der Waals surface area contributed by atoms with E-state index in [1.54, 1.807) is 19.2 Å². The lowest BCUT2D eigenvalue weighted by Gasteiger charge is -2.47. The van der Waals surface area contributed by atoms with Gasteiger partial charge in [0.15, 0.2) is 0 Å². The molecule has 2 saturated heterocycles. The third-order valence-corrected chi connectivity index (χ3v) is 7.47. The van der Waals surface area contributed by atoms with E-state index in [0.29, 0.717) is 30.0 Å². The summed E-state index contributed by atoms with van der Waals surface area (Å²) in [6.45, 7) is 11.3. The van der Waals surface area contributed by atoms with Crippen LogP contribution in [0.15, 0.2) is 48.5 Å². The SMILES string of the molecule is COc1cccc(NC(=O)CC[C@H]2CN(CC(C)C)CC[C@H]2N2CCN(c3ccccc3F)CC2)c1. The van der Waals surface area contributed by atoms with Crippen molar-refractivity contribution in [2.45, 2.75) is 39.2 Å². The summed E-state index contributed by atoms with van der Waals surface area (Å²) in [4.78, 5) is 20.1. The number of piperazine rings is 1. The molecular weight excluding hydrogens is 455 g/mol. The molecule has 0 unspecified atom stereocenters. The Morgan fingerprint density at radius 3 is 2.58 bits per heavy atom. The summed E-state index contributed by atoms with van der Waals surface area (Å²) in [6, 6.07) is 15.0. The zero-order valence-electron chi connectivity index (χ0n) is 22.0. The maximum atomic E-state index is 14.3. The molecule has 0 spiro atoms. The minimum Gasteiger partial charge on any atom is -0.497 e. The number of piperidine rings is 1. The molecule has 0 saturated carbocycles. The van der Waals surface area contributed by atoms with Crippen LogP contribution in [-0.4, -0.2) is 74.7 Å². The van der Waals surface area contributed by atoms with Crippen LogP contribution >= 0.6 is 0 Å². The van der Waals surface area contributed by atoms with Gasteiger partial charge in [-0.1, -0.05) is 32.0 Å². The number of nitrogens with zero attached hydrogens (tertiary/aromatic N) is 3. The van der Waals surface area contributed by atoms with Crippen LogP contribution in [0, 0.1) is 17.7 Å². The largest absolute Gasteiger partial charge is 0.497 e. The van der Waals surface area contributed by atoms with Crippen LogP contribution in [0.3, 0.4) is 0 Å². The van der Waals surface area contributed by atoms with Crippen molar-refractivity contribution in [1.29, 1.82) is 0 Å². The molecule has 2 aromatic carbocycles. The van der Waals surface area contributed by atoms with Crippen molar-refractivity contribution in [2.75, 3.05) is 63.1 Å². The van der Waals surface area contributed by atoms with E-state index in [0.717, 1.165) is 70.1 Å². The Morgan fingerprint density at radius 2 is 1.86 bits per heavy atom. The highest BCUT2D eigenvalue weighted by Gasteiger charge is 2.35. The Kier molecular flexibility index (Phi) is 9.21. The van der Waals surface area contributed by atoms with Gasteiger partial charge in [0.2, 0.25) is 5.91 Å². The molecule has 36 heavy (non-hydrogen) atoms. The third-order valence-electron chi connectivity index (χ3n) is 7.47. The van der Waals surface area contributed by atoms with Crippen LogP contribution in [0.4, 0.5) is 15.8 Å². The predicted octanol–water partition coefficient (Wildman–Crippen LogP) is 4.72. The van der Waals surface area contributed by atoms with Gasteiger partial charge in [0.1, 0.15) is 11.6 Å². The smallest absolute Gasteiger partial charge is 0.224 e. The van der Waals surface area contributed by atoms with E-state index in [9.17, 15) is 9.18 Å². The van der Waals surface area contributed by atoms with Crippen molar-refractivity contribution in [3.63, 3.8) is 0 Å². The van der Waals surface area contributed by atoms with Gasteiger partial charge in [-0.05, 0) is 55.5 Å². The van der Waals surface area contributed by atoms with E-state index in [1.165, 1.54) is 0 Å². The lowest BCUT2D eigenvalue weighted by molar-refractivity contribution is -0.116. The minimum absolute atomic E-state index is 0.0485. The fourth-order valence-electron chi connectivity index (χ4n) is 5.79. The molecule has 1 amide bonds. The zero-order valence-corrected chi connectivity index (χ0v) is 22.0. The average molecular weight is 497 g/mol. The first-order valence-corrected chi connectivity index (χ1v) is 13.3. The first-order chi connectivity index (χ1) is 17.4. The number of ether oxygens (including phenoxy) is 1. The molecule has 2 aliphatic rings. The van der Waals surface area contributed by atoms with Crippen LogP contribution in [0.2, 0.25) is 0 Å². The Hall–Kier alpha value is -2.64. The van der Waals surface area contributed by atoms with Crippen molar-refractivity contribution in [3.05, 3.63) is 54.3 Å². The molecule has 6 nitrogen and oxygen atoms in total. The highest BCUT2D eigenvalue weighted by Crippen LogP contribution is 2.29. The van der Waals surface area contributed by atoms with E-state index >= 15 is 0 Å². The second-order valence-electron chi connectivity index (χ2n) is 10.6. The predicted molar refractivity (Wildman–Crippen MR) is 144 cm³/mol. The first kappa shape index (κ1) is 26.4. The molecule has 2 atom stereocenters. The van der Waals surface area contributed by atoms with Crippen LogP contribution in [0.5, 0.6) is 5.75 Å². The highest BCUT2D eigenvalue weighted by atomic mass is 19.1. The number of halogens is 1. The number of anilines is 2. The van der Waals surface area contributed by atoms with E-state index in [2.05, 4.69) is 33.9 Å². The summed E-state index contributed by atoms with van der Waals surface area (Å²) in [5, 5.41) is 3.03. The summed E-state index contributed by atoms with van der Waals surface area (Å²) >= 11 is 0. The second-order valence-corrected chi connectivity index (χ2v) is 10.6. The van der Waals surface area contributed by atoms with Gasteiger partial charge >= 0.3 is 0 Å².